The molecule has 2 aromatic carbocycles. The number of anilines is 1. The van der Waals surface area contributed by atoms with Crippen LogP contribution in [0.3, 0.4) is 0 Å². The molecule has 0 saturated carbocycles. The largest absolute Gasteiger partial charge is 0.456 e. The fraction of sp³-hybridized carbons (Fsp3) is 0.211. The average Bonchev–Trinajstić information content (AvgIpc) is 3.18. The van der Waals surface area contributed by atoms with Crippen molar-refractivity contribution >= 4 is 22.6 Å². The summed E-state index contributed by atoms with van der Waals surface area (Å²) < 4.78 is 5.86. The smallest absolute Gasteiger partial charge is 0.227 e. The molecule has 0 bridgehead atoms. The number of hydrogen-bond acceptors (Lipinski definition) is 3. The Hall–Kier alpha value is -2.59. The van der Waals surface area contributed by atoms with E-state index in [4.69, 9.17) is 4.42 Å². The summed E-state index contributed by atoms with van der Waals surface area (Å²) in [4.78, 5) is 13.8. The molecule has 2 heterocycles. The van der Waals surface area contributed by atoms with E-state index >= 15 is 0 Å². The van der Waals surface area contributed by atoms with E-state index in [1.54, 1.807) is 4.90 Å². The number of fused-ring (bicyclic) bond motifs is 1. The maximum Gasteiger partial charge on any atom is 0.227 e. The van der Waals surface area contributed by atoms with Gasteiger partial charge in [0.25, 0.3) is 0 Å². The Labute approximate surface area is 133 Å². The fourth-order valence-corrected chi connectivity index (χ4v) is 3.08. The average molecular weight is 307 g/mol. The summed E-state index contributed by atoms with van der Waals surface area (Å²) in [7, 11) is 0. The Morgan fingerprint density at radius 3 is 2.61 bits per heavy atom. The Kier molecular flexibility index (Phi) is 3.39. The van der Waals surface area contributed by atoms with Crippen LogP contribution >= 0.6 is 0 Å². The molecule has 1 N–H and O–H groups in total. The Morgan fingerprint density at radius 1 is 1.13 bits per heavy atom. The van der Waals surface area contributed by atoms with Crippen molar-refractivity contribution < 1.29 is 14.3 Å². The van der Waals surface area contributed by atoms with E-state index in [-0.39, 0.29) is 18.4 Å². The number of furan rings is 1. The second-order valence-electron chi connectivity index (χ2n) is 5.95. The molecule has 4 nitrogen and oxygen atoms in total. The molecule has 116 valence electrons. The number of para-hydroxylation sites is 1. The summed E-state index contributed by atoms with van der Waals surface area (Å²) >= 11 is 0. The highest BCUT2D eigenvalue weighted by Crippen LogP contribution is 2.30. The molecule has 4 heteroatoms. The van der Waals surface area contributed by atoms with Gasteiger partial charge in [-0.1, -0.05) is 18.2 Å². The lowest BCUT2D eigenvalue weighted by molar-refractivity contribution is -0.117. The molecule has 0 radical (unpaired) electrons. The van der Waals surface area contributed by atoms with Gasteiger partial charge in [0, 0.05) is 42.1 Å². The Morgan fingerprint density at radius 2 is 1.91 bits per heavy atom. The number of aliphatic hydroxyl groups excluding tert-OH is 1. The summed E-state index contributed by atoms with van der Waals surface area (Å²) in [5.41, 5.74) is 2.72. The van der Waals surface area contributed by atoms with Crippen molar-refractivity contribution in [3.05, 3.63) is 54.6 Å². The zero-order chi connectivity index (χ0) is 15.8. The standard InChI is InChI=1S/C19H17NO3/c21-12-13-9-19(22)20(11-13)16-7-5-14(6-8-16)18-10-15-3-1-2-4-17(15)23-18/h1-8,10,13,21H,9,11-12H2. The second-order valence-corrected chi connectivity index (χ2v) is 5.95. The van der Waals surface area contributed by atoms with E-state index in [1.807, 2.05) is 54.6 Å². The molecule has 1 aliphatic heterocycles. The molecule has 1 unspecified atom stereocenters. The summed E-state index contributed by atoms with van der Waals surface area (Å²) in [5, 5.41) is 10.3. The van der Waals surface area contributed by atoms with Crippen molar-refractivity contribution in [2.75, 3.05) is 18.1 Å². The normalized spacial score (nSPS) is 18.0. The predicted octanol–water partition coefficient (Wildman–Crippen LogP) is 3.45. The van der Waals surface area contributed by atoms with Crippen LogP contribution in [0.25, 0.3) is 22.3 Å². The highest BCUT2D eigenvalue weighted by atomic mass is 16.3. The minimum Gasteiger partial charge on any atom is -0.456 e. The maximum absolute atomic E-state index is 12.0. The van der Waals surface area contributed by atoms with Crippen LogP contribution in [0.5, 0.6) is 0 Å². The number of carbonyl (C=O) groups excluding carboxylic acids is 1. The van der Waals surface area contributed by atoms with E-state index in [1.165, 1.54) is 0 Å². The van der Waals surface area contributed by atoms with Gasteiger partial charge in [-0.05, 0) is 36.4 Å². The summed E-state index contributed by atoms with van der Waals surface area (Å²) in [5.74, 6) is 0.928. The molecular formula is C19H17NO3. The molecule has 1 fully saturated rings. The van der Waals surface area contributed by atoms with Crippen LogP contribution in [0.1, 0.15) is 6.42 Å². The molecule has 4 rings (SSSR count). The molecule has 1 aromatic heterocycles. The van der Waals surface area contributed by atoms with Gasteiger partial charge in [0.15, 0.2) is 0 Å². The van der Waals surface area contributed by atoms with Gasteiger partial charge in [-0.15, -0.1) is 0 Å². The van der Waals surface area contributed by atoms with E-state index in [2.05, 4.69) is 0 Å². The quantitative estimate of drug-likeness (QED) is 0.806. The lowest BCUT2D eigenvalue weighted by Gasteiger charge is -2.16. The third-order valence-electron chi connectivity index (χ3n) is 4.35. The second kappa shape index (κ2) is 5.56. The molecule has 1 amide bonds. The van der Waals surface area contributed by atoms with Crippen molar-refractivity contribution in [2.45, 2.75) is 6.42 Å². The molecule has 3 aromatic rings. The van der Waals surface area contributed by atoms with E-state index in [9.17, 15) is 9.90 Å². The van der Waals surface area contributed by atoms with E-state index in [0.717, 1.165) is 28.0 Å². The van der Waals surface area contributed by atoms with Crippen LogP contribution in [-0.4, -0.2) is 24.2 Å². The number of aliphatic hydroxyl groups is 1. The topological polar surface area (TPSA) is 53.7 Å². The van der Waals surface area contributed by atoms with Crippen molar-refractivity contribution in [3.63, 3.8) is 0 Å². The maximum atomic E-state index is 12.0. The molecule has 23 heavy (non-hydrogen) atoms. The van der Waals surface area contributed by atoms with Crippen LogP contribution in [0.2, 0.25) is 0 Å². The predicted molar refractivity (Wildman–Crippen MR) is 89.2 cm³/mol. The highest BCUT2D eigenvalue weighted by Gasteiger charge is 2.29. The first-order valence-electron chi connectivity index (χ1n) is 7.75. The molecule has 1 saturated heterocycles. The highest BCUT2D eigenvalue weighted by molar-refractivity contribution is 5.96. The first-order chi connectivity index (χ1) is 11.2. The van der Waals surface area contributed by atoms with Crippen LogP contribution in [0.4, 0.5) is 5.69 Å². The first kappa shape index (κ1) is 14.0. The number of benzene rings is 2. The zero-order valence-electron chi connectivity index (χ0n) is 12.6. The monoisotopic (exact) mass is 307 g/mol. The van der Waals surface area contributed by atoms with Crippen molar-refractivity contribution in [3.8, 4) is 11.3 Å². The lowest BCUT2D eigenvalue weighted by atomic mass is 10.1. The summed E-state index contributed by atoms with van der Waals surface area (Å²) in [6, 6.07) is 17.7. The minimum atomic E-state index is 0.0394. The Balaban J connectivity index is 1.62. The Bertz CT molecular complexity index is 817. The van der Waals surface area contributed by atoms with Gasteiger partial charge >= 0.3 is 0 Å². The van der Waals surface area contributed by atoms with Gasteiger partial charge in [-0.3, -0.25) is 4.79 Å². The molecular weight excluding hydrogens is 290 g/mol. The third-order valence-corrected chi connectivity index (χ3v) is 4.35. The van der Waals surface area contributed by atoms with Gasteiger partial charge in [-0.25, -0.2) is 0 Å². The third kappa shape index (κ3) is 2.51. The SMILES string of the molecule is O=C1CC(CO)CN1c1ccc(-c2cc3ccccc3o2)cc1. The van der Waals surface area contributed by atoms with Crippen LogP contribution in [0, 0.1) is 5.92 Å². The molecule has 0 aliphatic carbocycles. The van der Waals surface area contributed by atoms with Crippen LogP contribution in [-0.2, 0) is 4.79 Å². The van der Waals surface area contributed by atoms with Gasteiger partial charge in [0.1, 0.15) is 11.3 Å². The number of amides is 1. The van der Waals surface area contributed by atoms with Crippen LogP contribution in [0.15, 0.2) is 59.0 Å². The van der Waals surface area contributed by atoms with Gasteiger partial charge in [-0.2, -0.15) is 0 Å². The number of nitrogens with zero attached hydrogens (tertiary/aromatic N) is 1. The zero-order valence-corrected chi connectivity index (χ0v) is 12.6. The van der Waals surface area contributed by atoms with Crippen molar-refractivity contribution in [1.29, 1.82) is 0 Å². The number of hydrogen-bond donors (Lipinski definition) is 1. The summed E-state index contributed by atoms with van der Waals surface area (Å²) in [6.45, 7) is 0.638. The van der Waals surface area contributed by atoms with E-state index < -0.39 is 0 Å². The van der Waals surface area contributed by atoms with Gasteiger partial charge in [0.05, 0.1) is 0 Å². The van der Waals surface area contributed by atoms with Crippen molar-refractivity contribution in [1.82, 2.24) is 0 Å². The molecule has 0 spiro atoms. The first-order valence-corrected chi connectivity index (χ1v) is 7.75. The lowest BCUT2D eigenvalue weighted by Crippen LogP contribution is -2.24. The number of carbonyl (C=O) groups is 1. The van der Waals surface area contributed by atoms with Gasteiger partial charge in [0.2, 0.25) is 5.91 Å². The number of rotatable bonds is 3. The minimum absolute atomic E-state index is 0.0394. The fourth-order valence-electron chi connectivity index (χ4n) is 3.08. The van der Waals surface area contributed by atoms with Gasteiger partial charge < -0.3 is 14.4 Å². The van der Waals surface area contributed by atoms with Crippen LogP contribution < -0.4 is 4.90 Å². The van der Waals surface area contributed by atoms with Crippen molar-refractivity contribution in [2.24, 2.45) is 5.92 Å². The molecule has 1 aliphatic rings. The van der Waals surface area contributed by atoms with E-state index in [0.29, 0.717) is 13.0 Å². The molecule has 1 atom stereocenters. The summed E-state index contributed by atoms with van der Waals surface area (Å²) in [6.07, 6.45) is 0.418.